The Labute approximate surface area is 102 Å². The Balaban J connectivity index is 1.95. The van der Waals surface area contributed by atoms with E-state index in [1.54, 1.807) is 24.0 Å². The molecule has 1 aromatic heterocycles. The van der Waals surface area contributed by atoms with Crippen LogP contribution in [0.1, 0.15) is 25.0 Å². The number of hydrogen-bond donors (Lipinski definition) is 1. The van der Waals surface area contributed by atoms with Crippen LogP contribution in [-0.2, 0) is 23.8 Å². The molecule has 1 aromatic rings. The molecule has 6 nitrogen and oxygen atoms in total. The lowest BCUT2D eigenvalue weighted by atomic mass is 10.2. The lowest BCUT2D eigenvalue weighted by molar-refractivity contribution is 0.341. The van der Waals surface area contributed by atoms with Crippen LogP contribution in [-0.4, -0.2) is 35.6 Å². The van der Waals surface area contributed by atoms with Crippen LogP contribution in [0.4, 0.5) is 0 Å². The number of aryl methyl sites for hydroxylation is 1. The van der Waals surface area contributed by atoms with E-state index in [2.05, 4.69) is 9.82 Å². The molecule has 96 valence electrons. The van der Waals surface area contributed by atoms with Crippen LogP contribution in [0, 0.1) is 0 Å². The summed E-state index contributed by atoms with van der Waals surface area (Å²) < 4.78 is 29.7. The molecule has 0 aromatic carbocycles. The van der Waals surface area contributed by atoms with Gasteiger partial charge in [0, 0.05) is 26.3 Å². The minimum Gasteiger partial charge on any atom is -0.271 e. The van der Waals surface area contributed by atoms with Crippen LogP contribution in [0.15, 0.2) is 12.3 Å². The average Bonchev–Trinajstić information content (AvgIpc) is 2.74. The second-order valence-electron chi connectivity index (χ2n) is 4.23. The van der Waals surface area contributed by atoms with Crippen LogP contribution in [0.25, 0.3) is 0 Å². The topological polar surface area (TPSA) is 67.2 Å². The summed E-state index contributed by atoms with van der Waals surface area (Å²) in [6.07, 6.45) is 4.68. The highest BCUT2D eigenvalue weighted by atomic mass is 32.2. The predicted octanol–water partition coefficient (Wildman–Crippen LogP) is 0.240. The van der Waals surface area contributed by atoms with Crippen molar-refractivity contribution in [2.45, 2.75) is 25.8 Å². The highest BCUT2D eigenvalue weighted by Gasteiger charge is 2.23. The molecule has 0 unspecified atom stereocenters. The molecule has 2 rings (SSSR count). The van der Waals surface area contributed by atoms with E-state index in [4.69, 9.17) is 0 Å². The Hall–Kier alpha value is -0.920. The van der Waals surface area contributed by atoms with E-state index in [1.165, 1.54) is 4.31 Å². The normalized spacial score (nSPS) is 18.4. The van der Waals surface area contributed by atoms with E-state index in [0.717, 1.165) is 25.0 Å². The zero-order valence-electron chi connectivity index (χ0n) is 9.96. The Morgan fingerprint density at radius 1 is 1.35 bits per heavy atom. The van der Waals surface area contributed by atoms with Gasteiger partial charge in [-0.2, -0.15) is 22.5 Å². The van der Waals surface area contributed by atoms with Gasteiger partial charge in [-0.25, -0.2) is 0 Å². The van der Waals surface area contributed by atoms with Gasteiger partial charge >= 0.3 is 0 Å². The maximum Gasteiger partial charge on any atom is 0.279 e. The first kappa shape index (κ1) is 12.5. The van der Waals surface area contributed by atoms with Crippen molar-refractivity contribution >= 4 is 10.2 Å². The molecule has 0 bridgehead atoms. The molecule has 1 N–H and O–H groups in total. The zero-order chi connectivity index (χ0) is 12.3. The van der Waals surface area contributed by atoms with E-state index >= 15 is 0 Å². The van der Waals surface area contributed by atoms with Crippen molar-refractivity contribution in [1.29, 1.82) is 0 Å². The first-order valence-electron chi connectivity index (χ1n) is 5.81. The van der Waals surface area contributed by atoms with E-state index < -0.39 is 10.2 Å². The van der Waals surface area contributed by atoms with Crippen molar-refractivity contribution in [3.8, 4) is 0 Å². The number of piperidine rings is 1. The Bertz CT molecular complexity index is 462. The monoisotopic (exact) mass is 258 g/mol. The quantitative estimate of drug-likeness (QED) is 0.841. The van der Waals surface area contributed by atoms with Gasteiger partial charge in [0.2, 0.25) is 0 Å². The summed E-state index contributed by atoms with van der Waals surface area (Å²) in [4.78, 5) is 0. The van der Waals surface area contributed by atoms with Gasteiger partial charge in [0.1, 0.15) is 0 Å². The van der Waals surface area contributed by atoms with Gasteiger partial charge in [-0.05, 0) is 18.9 Å². The highest BCUT2D eigenvalue weighted by molar-refractivity contribution is 7.87. The third kappa shape index (κ3) is 3.05. The standard InChI is InChI=1S/C10H18N4O2S/c1-13-10(5-6-11-13)9-12-17(15,16)14-7-3-2-4-8-14/h5-6,12H,2-4,7-9H2,1H3. The third-order valence-corrected chi connectivity index (χ3v) is 4.57. The molecule has 1 saturated heterocycles. The van der Waals surface area contributed by atoms with Crippen molar-refractivity contribution in [3.05, 3.63) is 18.0 Å². The summed E-state index contributed by atoms with van der Waals surface area (Å²) >= 11 is 0. The summed E-state index contributed by atoms with van der Waals surface area (Å²) in [5, 5.41) is 4.00. The Morgan fingerprint density at radius 3 is 2.65 bits per heavy atom. The summed E-state index contributed by atoms with van der Waals surface area (Å²) in [5.74, 6) is 0. The van der Waals surface area contributed by atoms with Crippen LogP contribution < -0.4 is 4.72 Å². The Morgan fingerprint density at radius 2 is 2.06 bits per heavy atom. The number of aromatic nitrogens is 2. The zero-order valence-corrected chi connectivity index (χ0v) is 10.8. The molecule has 1 aliphatic rings. The average molecular weight is 258 g/mol. The van der Waals surface area contributed by atoms with Gasteiger partial charge in [-0.15, -0.1) is 0 Å². The highest BCUT2D eigenvalue weighted by Crippen LogP contribution is 2.12. The van der Waals surface area contributed by atoms with Crippen molar-refractivity contribution in [2.24, 2.45) is 7.05 Å². The second-order valence-corrected chi connectivity index (χ2v) is 5.99. The van der Waals surface area contributed by atoms with Crippen molar-refractivity contribution in [2.75, 3.05) is 13.1 Å². The lowest BCUT2D eigenvalue weighted by Crippen LogP contribution is -2.43. The first-order chi connectivity index (χ1) is 8.09. The van der Waals surface area contributed by atoms with Gasteiger partial charge in [0.05, 0.1) is 12.2 Å². The fourth-order valence-corrected chi connectivity index (χ4v) is 3.19. The van der Waals surface area contributed by atoms with E-state index in [-0.39, 0.29) is 6.54 Å². The fraction of sp³-hybridized carbons (Fsp3) is 0.700. The van der Waals surface area contributed by atoms with Gasteiger partial charge in [0.15, 0.2) is 0 Å². The first-order valence-corrected chi connectivity index (χ1v) is 7.25. The van der Waals surface area contributed by atoms with Crippen molar-refractivity contribution in [1.82, 2.24) is 18.8 Å². The molecule has 1 aliphatic heterocycles. The molecular formula is C10H18N4O2S. The third-order valence-electron chi connectivity index (χ3n) is 3.01. The van der Waals surface area contributed by atoms with Gasteiger partial charge in [-0.1, -0.05) is 6.42 Å². The summed E-state index contributed by atoms with van der Waals surface area (Å²) in [6.45, 7) is 1.54. The molecular weight excluding hydrogens is 240 g/mol. The molecule has 0 amide bonds. The maximum absolute atomic E-state index is 12.0. The van der Waals surface area contributed by atoms with Crippen molar-refractivity contribution in [3.63, 3.8) is 0 Å². The molecule has 0 saturated carbocycles. The maximum atomic E-state index is 12.0. The van der Waals surface area contributed by atoms with Gasteiger partial charge in [-0.3, -0.25) is 4.68 Å². The largest absolute Gasteiger partial charge is 0.279 e. The van der Waals surface area contributed by atoms with E-state index in [1.807, 2.05) is 0 Å². The van der Waals surface area contributed by atoms with Crippen LogP contribution >= 0.6 is 0 Å². The molecule has 2 heterocycles. The molecule has 0 spiro atoms. The van der Waals surface area contributed by atoms with E-state index in [9.17, 15) is 8.42 Å². The van der Waals surface area contributed by atoms with Crippen LogP contribution in [0.3, 0.4) is 0 Å². The van der Waals surface area contributed by atoms with Crippen LogP contribution in [0.2, 0.25) is 0 Å². The molecule has 0 atom stereocenters. The number of nitrogens with zero attached hydrogens (tertiary/aromatic N) is 3. The summed E-state index contributed by atoms with van der Waals surface area (Å²) in [7, 11) is -1.54. The lowest BCUT2D eigenvalue weighted by Gasteiger charge is -2.25. The van der Waals surface area contributed by atoms with Crippen LogP contribution in [0.5, 0.6) is 0 Å². The van der Waals surface area contributed by atoms with E-state index in [0.29, 0.717) is 13.1 Å². The smallest absolute Gasteiger partial charge is 0.271 e. The predicted molar refractivity (Wildman–Crippen MR) is 64.4 cm³/mol. The number of hydrogen-bond acceptors (Lipinski definition) is 3. The molecule has 0 aliphatic carbocycles. The number of nitrogens with one attached hydrogen (secondary N) is 1. The summed E-state index contributed by atoms with van der Waals surface area (Å²) in [5.41, 5.74) is 0.852. The minimum atomic E-state index is -3.33. The minimum absolute atomic E-state index is 0.287. The number of rotatable bonds is 4. The van der Waals surface area contributed by atoms with Gasteiger partial charge < -0.3 is 0 Å². The Kier molecular flexibility index (Phi) is 3.80. The van der Waals surface area contributed by atoms with Crippen molar-refractivity contribution < 1.29 is 8.42 Å². The molecule has 17 heavy (non-hydrogen) atoms. The summed E-state index contributed by atoms with van der Waals surface area (Å²) in [6, 6.07) is 1.80. The fourth-order valence-electron chi connectivity index (χ4n) is 1.94. The second kappa shape index (κ2) is 5.16. The molecule has 1 fully saturated rings. The molecule has 7 heteroatoms. The van der Waals surface area contributed by atoms with Gasteiger partial charge in [0.25, 0.3) is 10.2 Å². The SMILES string of the molecule is Cn1nccc1CNS(=O)(=O)N1CCCCC1. The molecule has 0 radical (unpaired) electrons.